The second-order valence-electron chi connectivity index (χ2n) is 3.56. The molecule has 5 heteroatoms. The number of ketones is 1. The molecule has 2 rings (SSSR count). The molecule has 0 amide bonds. The molecule has 0 aliphatic carbocycles. The lowest BCUT2D eigenvalue weighted by molar-refractivity contribution is 0.103. The molecule has 0 fully saturated rings. The van der Waals surface area contributed by atoms with E-state index in [1.807, 2.05) is 30.3 Å². The molecule has 0 radical (unpaired) electrons. The molecule has 4 N–H and O–H groups in total. The van der Waals surface area contributed by atoms with Gasteiger partial charge in [0.2, 0.25) is 0 Å². The SMILES string of the molecule is NSc1cccc(C(=O)c2ccccc2)c1SN. The summed E-state index contributed by atoms with van der Waals surface area (Å²) in [5, 5.41) is 11.2. The second-order valence-corrected chi connectivity index (χ2v) is 4.88. The fraction of sp³-hybridized carbons (Fsp3) is 0. The molecule has 0 atom stereocenters. The summed E-state index contributed by atoms with van der Waals surface area (Å²) < 4.78 is 0. The zero-order chi connectivity index (χ0) is 13.0. The van der Waals surface area contributed by atoms with Gasteiger partial charge in [0.05, 0.1) is 0 Å². The standard InChI is InChI=1S/C13H12N2OS2/c14-17-11-8-4-7-10(13(11)18-15)12(16)9-5-2-1-3-6-9/h1-8H,14-15H2. The number of rotatable bonds is 4. The van der Waals surface area contributed by atoms with Crippen LogP contribution in [0.25, 0.3) is 0 Å². The minimum absolute atomic E-state index is 0.0422. The van der Waals surface area contributed by atoms with Gasteiger partial charge in [-0.15, -0.1) is 0 Å². The average Bonchev–Trinajstić information content (AvgIpc) is 2.46. The highest BCUT2D eigenvalue weighted by molar-refractivity contribution is 8.00. The molecule has 0 saturated heterocycles. The molecular weight excluding hydrogens is 264 g/mol. The van der Waals surface area contributed by atoms with E-state index in [2.05, 4.69) is 0 Å². The van der Waals surface area contributed by atoms with E-state index in [1.54, 1.807) is 18.2 Å². The summed E-state index contributed by atoms with van der Waals surface area (Å²) in [6, 6.07) is 14.6. The zero-order valence-corrected chi connectivity index (χ0v) is 11.1. The Morgan fingerprint density at radius 2 is 1.61 bits per heavy atom. The van der Waals surface area contributed by atoms with E-state index in [-0.39, 0.29) is 5.78 Å². The van der Waals surface area contributed by atoms with Crippen molar-refractivity contribution >= 4 is 29.7 Å². The van der Waals surface area contributed by atoms with E-state index in [1.165, 1.54) is 0 Å². The Balaban J connectivity index is 2.48. The molecular formula is C13H12N2OS2. The van der Waals surface area contributed by atoms with E-state index in [0.717, 1.165) is 33.7 Å². The summed E-state index contributed by atoms with van der Waals surface area (Å²) in [7, 11) is 0. The van der Waals surface area contributed by atoms with Gasteiger partial charge in [0.1, 0.15) is 0 Å². The number of carbonyl (C=O) groups excluding carboxylic acids is 1. The van der Waals surface area contributed by atoms with Crippen LogP contribution in [0, 0.1) is 0 Å². The van der Waals surface area contributed by atoms with E-state index in [9.17, 15) is 4.79 Å². The highest BCUT2D eigenvalue weighted by Crippen LogP contribution is 2.30. The minimum atomic E-state index is -0.0422. The van der Waals surface area contributed by atoms with E-state index >= 15 is 0 Å². The summed E-state index contributed by atoms with van der Waals surface area (Å²) in [6.07, 6.45) is 0. The van der Waals surface area contributed by atoms with Gasteiger partial charge in [0, 0.05) is 20.9 Å². The maximum absolute atomic E-state index is 12.4. The average molecular weight is 276 g/mol. The summed E-state index contributed by atoms with van der Waals surface area (Å²) in [6.45, 7) is 0. The number of carbonyl (C=O) groups is 1. The molecule has 0 bridgehead atoms. The predicted octanol–water partition coefficient (Wildman–Crippen LogP) is 2.85. The van der Waals surface area contributed by atoms with Crippen molar-refractivity contribution in [1.29, 1.82) is 0 Å². The zero-order valence-electron chi connectivity index (χ0n) is 9.50. The second kappa shape index (κ2) is 6.06. The third kappa shape index (κ3) is 2.59. The van der Waals surface area contributed by atoms with Gasteiger partial charge in [-0.2, -0.15) is 0 Å². The minimum Gasteiger partial charge on any atom is -0.289 e. The van der Waals surface area contributed by atoms with E-state index in [4.69, 9.17) is 10.3 Å². The molecule has 0 spiro atoms. The van der Waals surface area contributed by atoms with Gasteiger partial charge in [-0.05, 0) is 36.0 Å². The van der Waals surface area contributed by atoms with Gasteiger partial charge in [-0.1, -0.05) is 36.4 Å². The summed E-state index contributed by atoms with van der Waals surface area (Å²) >= 11 is 2.14. The molecule has 0 unspecified atom stereocenters. The van der Waals surface area contributed by atoms with Crippen molar-refractivity contribution in [1.82, 2.24) is 0 Å². The third-order valence-corrected chi connectivity index (χ3v) is 3.90. The lowest BCUT2D eigenvalue weighted by Crippen LogP contribution is -2.05. The largest absolute Gasteiger partial charge is 0.289 e. The Labute approximate surface area is 114 Å². The van der Waals surface area contributed by atoms with Gasteiger partial charge in [-0.25, -0.2) is 0 Å². The molecule has 0 heterocycles. The fourth-order valence-electron chi connectivity index (χ4n) is 1.65. The summed E-state index contributed by atoms with van der Waals surface area (Å²) in [5.74, 6) is -0.0422. The molecule has 0 aromatic heterocycles. The highest BCUT2D eigenvalue weighted by atomic mass is 32.2. The van der Waals surface area contributed by atoms with Crippen LogP contribution in [-0.4, -0.2) is 5.78 Å². The van der Waals surface area contributed by atoms with Crippen LogP contribution in [0.15, 0.2) is 58.3 Å². The molecule has 0 saturated carbocycles. The molecule has 18 heavy (non-hydrogen) atoms. The Hall–Kier alpha value is -1.27. The number of benzene rings is 2. The van der Waals surface area contributed by atoms with Crippen molar-refractivity contribution < 1.29 is 4.79 Å². The lowest BCUT2D eigenvalue weighted by Gasteiger charge is -2.09. The quantitative estimate of drug-likeness (QED) is 0.664. The van der Waals surface area contributed by atoms with Gasteiger partial charge in [-0.3, -0.25) is 15.1 Å². The molecule has 2 aromatic carbocycles. The molecule has 3 nitrogen and oxygen atoms in total. The lowest BCUT2D eigenvalue weighted by atomic mass is 10.0. The number of hydrogen-bond donors (Lipinski definition) is 2. The Bertz CT molecular complexity index is 558. The van der Waals surface area contributed by atoms with Gasteiger partial charge in [0.25, 0.3) is 0 Å². The van der Waals surface area contributed by atoms with Crippen molar-refractivity contribution in [2.75, 3.05) is 0 Å². The number of hydrogen-bond acceptors (Lipinski definition) is 5. The van der Waals surface area contributed by atoms with Crippen LogP contribution in [0.2, 0.25) is 0 Å². The van der Waals surface area contributed by atoms with Crippen molar-refractivity contribution in [2.45, 2.75) is 9.79 Å². The summed E-state index contributed by atoms with van der Waals surface area (Å²) in [5.41, 5.74) is 1.23. The topological polar surface area (TPSA) is 69.1 Å². The van der Waals surface area contributed by atoms with Gasteiger partial charge < -0.3 is 0 Å². The van der Waals surface area contributed by atoms with Crippen LogP contribution >= 0.6 is 23.9 Å². The maximum atomic E-state index is 12.4. The first-order chi connectivity index (χ1) is 8.77. The van der Waals surface area contributed by atoms with Crippen molar-refractivity contribution in [3.8, 4) is 0 Å². The van der Waals surface area contributed by atoms with Crippen LogP contribution in [-0.2, 0) is 0 Å². The molecule has 0 aliphatic rings. The number of nitrogens with two attached hydrogens (primary N) is 2. The van der Waals surface area contributed by atoms with E-state index < -0.39 is 0 Å². The monoisotopic (exact) mass is 276 g/mol. The maximum Gasteiger partial charge on any atom is 0.194 e. The van der Waals surface area contributed by atoms with Crippen molar-refractivity contribution in [3.05, 3.63) is 59.7 Å². The van der Waals surface area contributed by atoms with Crippen molar-refractivity contribution in [3.63, 3.8) is 0 Å². The predicted molar refractivity (Wildman–Crippen MR) is 76.4 cm³/mol. The first-order valence-electron chi connectivity index (χ1n) is 5.24. The van der Waals surface area contributed by atoms with Crippen LogP contribution in [0.4, 0.5) is 0 Å². The van der Waals surface area contributed by atoms with Crippen LogP contribution in [0.1, 0.15) is 15.9 Å². The van der Waals surface area contributed by atoms with Crippen molar-refractivity contribution in [2.24, 2.45) is 10.3 Å². The molecule has 92 valence electrons. The fourth-order valence-corrected chi connectivity index (χ4v) is 2.79. The summed E-state index contributed by atoms with van der Waals surface area (Å²) in [4.78, 5) is 13.9. The van der Waals surface area contributed by atoms with Gasteiger partial charge in [0.15, 0.2) is 5.78 Å². The molecule has 0 aliphatic heterocycles. The van der Waals surface area contributed by atoms with Gasteiger partial charge >= 0.3 is 0 Å². The van der Waals surface area contributed by atoms with E-state index in [0.29, 0.717) is 11.1 Å². The smallest absolute Gasteiger partial charge is 0.194 e. The first kappa shape index (κ1) is 13.2. The van der Waals surface area contributed by atoms with Crippen LogP contribution < -0.4 is 10.3 Å². The van der Waals surface area contributed by atoms with Crippen LogP contribution in [0.5, 0.6) is 0 Å². The Morgan fingerprint density at radius 1 is 0.889 bits per heavy atom. The normalized spacial score (nSPS) is 10.3. The first-order valence-corrected chi connectivity index (χ1v) is 7.00. The Morgan fingerprint density at radius 3 is 2.22 bits per heavy atom. The third-order valence-electron chi connectivity index (χ3n) is 2.50. The van der Waals surface area contributed by atoms with Crippen LogP contribution in [0.3, 0.4) is 0 Å². The molecule has 2 aromatic rings. The Kier molecular flexibility index (Phi) is 4.43. The highest BCUT2D eigenvalue weighted by Gasteiger charge is 2.15.